The van der Waals surface area contributed by atoms with Crippen LogP contribution in [0, 0.1) is 23.0 Å². The molecule has 7 heteroatoms. The van der Waals surface area contributed by atoms with Gasteiger partial charge < -0.3 is 10.1 Å². The van der Waals surface area contributed by atoms with E-state index in [1.165, 1.54) is 0 Å². The Morgan fingerprint density at radius 1 is 1.42 bits per heavy atom. The molecule has 0 bridgehead atoms. The van der Waals surface area contributed by atoms with Crippen molar-refractivity contribution in [2.24, 2.45) is 5.92 Å². The normalized spacial score (nSPS) is 10.6. The van der Waals surface area contributed by atoms with Crippen LogP contribution in [0.15, 0.2) is 0 Å². The van der Waals surface area contributed by atoms with Gasteiger partial charge in [0.1, 0.15) is 5.82 Å². The van der Waals surface area contributed by atoms with Crippen molar-refractivity contribution >= 4 is 11.5 Å². The minimum atomic E-state index is -0.512. The molecule has 1 aromatic rings. The van der Waals surface area contributed by atoms with Gasteiger partial charge in [0.2, 0.25) is 5.82 Å². The summed E-state index contributed by atoms with van der Waals surface area (Å²) in [6.07, 6.45) is 0.907. The maximum absolute atomic E-state index is 11.1. The molecule has 0 aromatic carbocycles. The number of nitro groups is 1. The van der Waals surface area contributed by atoms with Gasteiger partial charge >= 0.3 is 5.69 Å². The Labute approximate surface area is 112 Å². The molecule has 0 spiro atoms. The van der Waals surface area contributed by atoms with Crippen molar-refractivity contribution in [1.82, 2.24) is 9.97 Å². The van der Waals surface area contributed by atoms with Gasteiger partial charge in [-0.3, -0.25) is 10.1 Å². The summed E-state index contributed by atoms with van der Waals surface area (Å²) in [6, 6.07) is 0. The molecule has 0 aliphatic carbocycles. The molecule has 19 heavy (non-hydrogen) atoms. The van der Waals surface area contributed by atoms with Gasteiger partial charge in [0, 0.05) is 6.54 Å². The number of nitrogens with zero attached hydrogens (tertiary/aromatic N) is 3. The predicted molar refractivity (Wildman–Crippen MR) is 72.5 cm³/mol. The number of hydrogen-bond acceptors (Lipinski definition) is 6. The van der Waals surface area contributed by atoms with E-state index in [4.69, 9.17) is 4.74 Å². The van der Waals surface area contributed by atoms with Crippen LogP contribution in [0.25, 0.3) is 0 Å². The van der Waals surface area contributed by atoms with Crippen molar-refractivity contribution in [3.05, 3.63) is 15.9 Å². The molecule has 1 rings (SSSR count). The fourth-order valence-electron chi connectivity index (χ4n) is 1.55. The fraction of sp³-hybridized carbons (Fsp3) is 0.667. The number of anilines is 1. The van der Waals surface area contributed by atoms with Gasteiger partial charge in [0.15, 0.2) is 0 Å². The van der Waals surface area contributed by atoms with Crippen molar-refractivity contribution in [3.63, 3.8) is 0 Å². The highest BCUT2D eigenvalue weighted by Gasteiger charge is 2.25. The molecular weight excluding hydrogens is 248 g/mol. The SMILES string of the molecule is CCOc1nc(C)nc(NCCC(C)C)c1[N+](=O)[O-]. The van der Waals surface area contributed by atoms with Crippen molar-refractivity contribution in [1.29, 1.82) is 0 Å². The quantitative estimate of drug-likeness (QED) is 0.603. The minimum absolute atomic E-state index is 0.0204. The third kappa shape index (κ3) is 4.35. The summed E-state index contributed by atoms with van der Waals surface area (Å²) in [5.41, 5.74) is -0.198. The van der Waals surface area contributed by atoms with Crippen LogP contribution in [-0.4, -0.2) is 28.0 Å². The third-order valence-corrected chi connectivity index (χ3v) is 2.44. The fourth-order valence-corrected chi connectivity index (χ4v) is 1.55. The molecule has 1 N–H and O–H groups in total. The molecule has 1 aromatic heterocycles. The minimum Gasteiger partial charge on any atom is -0.473 e. The van der Waals surface area contributed by atoms with Crippen LogP contribution in [0.1, 0.15) is 33.0 Å². The van der Waals surface area contributed by atoms with E-state index in [1.807, 2.05) is 0 Å². The van der Waals surface area contributed by atoms with Gasteiger partial charge in [0.05, 0.1) is 11.5 Å². The summed E-state index contributed by atoms with van der Waals surface area (Å²) in [6.45, 7) is 8.57. The Hall–Kier alpha value is -1.92. The first-order valence-corrected chi connectivity index (χ1v) is 6.35. The van der Waals surface area contributed by atoms with Crippen LogP contribution in [-0.2, 0) is 0 Å². The summed E-state index contributed by atoms with van der Waals surface area (Å²) < 4.78 is 5.21. The van der Waals surface area contributed by atoms with Crippen LogP contribution >= 0.6 is 0 Å². The number of aromatic nitrogens is 2. The lowest BCUT2D eigenvalue weighted by Crippen LogP contribution is -2.11. The van der Waals surface area contributed by atoms with Gasteiger partial charge in [-0.2, -0.15) is 4.98 Å². The number of aryl methyl sites for hydroxylation is 1. The lowest BCUT2D eigenvalue weighted by Gasteiger charge is -2.10. The average Bonchev–Trinajstić information content (AvgIpc) is 2.27. The van der Waals surface area contributed by atoms with Crippen LogP contribution in [0.5, 0.6) is 5.88 Å². The maximum atomic E-state index is 11.1. The molecule has 0 aliphatic rings. The van der Waals surface area contributed by atoms with Gasteiger partial charge in [-0.25, -0.2) is 4.98 Å². The average molecular weight is 268 g/mol. The van der Waals surface area contributed by atoms with Crippen LogP contribution in [0.3, 0.4) is 0 Å². The molecule has 0 aliphatic heterocycles. The molecule has 0 saturated carbocycles. The lowest BCUT2D eigenvalue weighted by molar-refractivity contribution is -0.385. The highest BCUT2D eigenvalue weighted by Crippen LogP contribution is 2.31. The summed E-state index contributed by atoms with van der Waals surface area (Å²) in [4.78, 5) is 18.7. The van der Waals surface area contributed by atoms with Gasteiger partial charge in [-0.15, -0.1) is 0 Å². The summed E-state index contributed by atoms with van der Waals surface area (Å²) in [5, 5.41) is 14.1. The standard InChI is InChI=1S/C12H20N4O3/c1-5-19-12-10(16(17)18)11(14-9(4)15-12)13-7-6-8(2)3/h8H,5-7H2,1-4H3,(H,13,14,15). The molecule has 106 valence electrons. The second kappa shape index (κ2) is 6.86. The lowest BCUT2D eigenvalue weighted by atomic mass is 10.1. The third-order valence-electron chi connectivity index (χ3n) is 2.44. The summed E-state index contributed by atoms with van der Waals surface area (Å²) >= 11 is 0. The summed E-state index contributed by atoms with van der Waals surface area (Å²) in [5.74, 6) is 1.20. The van der Waals surface area contributed by atoms with E-state index in [1.54, 1.807) is 13.8 Å². The second-order valence-electron chi connectivity index (χ2n) is 4.57. The molecule has 0 unspecified atom stereocenters. The van der Waals surface area contributed by atoms with Crippen molar-refractivity contribution in [2.75, 3.05) is 18.5 Å². The Morgan fingerprint density at radius 3 is 2.63 bits per heavy atom. The molecule has 0 fully saturated rings. The van der Waals surface area contributed by atoms with E-state index in [-0.39, 0.29) is 17.4 Å². The monoisotopic (exact) mass is 268 g/mol. The van der Waals surface area contributed by atoms with E-state index in [0.717, 1.165) is 6.42 Å². The number of hydrogen-bond donors (Lipinski definition) is 1. The molecule has 0 radical (unpaired) electrons. The Balaban J connectivity index is 3.02. The van der Waals surface area contributed by atoms with Gasteiger partial charge in [-0.1, -0.05) is 13.8 Å². The van der Waals surface area contributed by atoms with Crippen molar-refractivity contribution in [2.45, 2.75) is 34.1 Å². The number of ether oxygens (including phenoxy) is 1. The van der Waals surface area contributed by atoms with E-state index in [0.29, 0.717) is 24.9 Å². The van der Waals surface area contributed by atoms with E-state index < -0.39 is 4.92 Å². The first kappa shape index (κ1) is 15.1. The Morgan fingerprint density at radius 2 is 2.11 bits per heavy atom. The first-order valence-electron chi connectivity index (χ1n) is 6.35. The second-order valence-corrected chi connectivity index (χ2v) is 4.57. The largest absolute Gasteiger partial charge is 0.473 e. The van der Waals surface area contributed by atoms with E-state index in [2.05, 4.69) is 29.1 Å². The molecular formula is C12H20N4O3. The summed E-state index contributed by atoms with van der Waals surface area (Å²) in [7, 11) is 0. The zero-order valence-corrected chi connectivity index (χ0v) is 11.8. The molecule has 0 amide bonds. The molecule has 0 saturated heterocycles. The first-order chi connectivity index (χ1) is 8.95. The topological polar surface area (TPSA) is 90.2 Å². The Bertz CT molecular complexity index is 449. The molecule has 0 atom stereocenters. The highest BCUT2D eigenvalue weighted by molar-refractivity contribution is 5.61. The Kier molecular flexibility index (Phi) is 5.47. The zero-order chi connectivity index (χ0) is 14.4. The van der Waals surface area contributed by atoms with E-state index >= 15 is 0 Å². The predicted octanol–water partition coefficient (Wildman–Crippen LogP) is 2.55. The van der Waals surface area contributed by atoms with Crippen molar-refractivity contribution < 1.29 is 9.66 Å². The van der Waals surface area contributed by atoms with Gasteiger partial charge in [-0.05, 0) is 26.2 Å². The van der Waals surface area contributed by atoms with Crippen LogP contribution < -0.4 is 10.1 Å². The highest BCUT2D eigenvalue weighted by atomic mass is 16.6. The molecule has 1 heterocycles. The van der Waals surface area contributed by atoms with Crippen LogP contribution in [0.4, 0.5) is 11.5 Å². The number of nitrogens with one attached hydrogen (secondary N) is 1. The zero-order valence-electron chi connectivity index (χ0n) is 11.8. The van der Waals surface area contributed by atoms with Crippen molar-refractivity contribution in [3.8, 4) is 5.88 Å². The molecule has 7 nitrogen and oxygen atoms in total. The maximum Gasteiger partial charge on any atom is 0.372 e. The van der Waals surface area contributed by atoms with Gasteiger partial charge in [0.25, 0.3) is 5.88 Å². The smallest absolute Gasteiger partial charge is 0.372 e. The number of rotatable bonds is 7. The van der Waals surface area contributed by atoms with Crippen LogP contribution in [0.2, 0.25) is 0 Å². The van der Waals surface area contributed by atoms with E-state index in [9.17, 15) is 10.1 Å².